The fourth-order valence-corrected chi connectivity index (χ4v) is 2.18. The van der Waals surface area contributed by atoms with Crippen LogP contribution in [0.5, 0.6) is 0 Å². The molecule has 0 bridgehead atoms. The van der Waals surface area contributed by atoms with E-state index in [-0.39, 0.29) is 24.9 Å². The lowest BCUT2D eigenvalue weighted by atomic mass is 10.1. The van der Waals surface area contributed by atoms with Crippen LogP contribution in [-0.2, 0) is 32.3 Å². The van der Waals surface area contributed by atoms with Crippen LogP contribution in [0.15, 0.2) is 58.8 Å². The maximum atomic E-state index is 11.6. The number of hydrogen-bond donors (Lipinski definition) is 0. The fourth-order valence-electron chi connectivity index (χ4n) is 2.18. The third-order valence-corrected chi connectivity index (χ3v) is 3.37. The van der Waals surface area contributed by atoms with Crippen LogP contribution in [0.4, 0.5) is 0 Å². The Morgan fingerprint density at radius 1 is 0.625 bits per heavy atom. The molecule has 0 aliphatic carbocycles. The highest BCUT2D eigenvalue weighted by atomic mass is 16.2. The van der Waals surface area contributed by atoms with Gasteiger partial charge in [-0.05, 0) is 9.39 Å². The molecule has 0 N–H and O–H groups in total. The maximum absolute atomic E-state index is 11.6. The van der Waals surface area contributed by atoms with E-state index in [0.717, 1.165) is 32.7 Å². The Labute approximate surface area is 136 Å². The van der Waals surface area contributed by atoms with Crippen molar-refractivity contribution < 1.29 is 28.6 Å². The van der Waals surface area contributed by atoms with Crippen LogP contribution < -0.4 is 0 Å². The third-order valence-electron chi connectivity index (χ3n) is 3.37. The highest BCUT2D eigenvalue weighted by Gasteiger charge is 2.25. The number of azo groups is 4. The van der Waals surface area contributed by atoms with Crippen molar-refractivity contribution in [3.05, 3.63) is 59.7 Å². The highest BCUT2D eigenvalue weighted by molar-refractivity contribution is 5.96. The molecule has 24 heavy (non-hydrogen) atoms. The Kier molecular flexibility index (Phi) is 4.11. The number of hydrogen-bond acceptors (Lipinski definition) is 4. The Morgan fingerprint density at radius 2 is 1.00 bits per heavy atom. The first-order valence-electron chi connectivity index (χ1n) is 7.09. The standard InChI is InChI=1S/C16H12N4O4/c21-13-5-7-15(23)19(17-13)9-11-1-2-12(4-3-11)10-20-16(24)8-6-14(22)18-20/h1-8H,9-10H2/q+2. The van der Waals surface area contributed by atoms with Gasteiger partial charge in [-0.1, -0.05) is 24.3 Å². The molecular formula is C16H12N4O4+2. The van der Waals surface area contributed by atoms with E-state index >= 15 is 0 Å². The van der Waals surface area contributed by atoms with Crippen molar-refractivity contribution in [1.82, 2.24) is 0 Å². The highest BCUT2D eigenvalue weighted by Crippen LogP contribution is 2.10. The molecule has 0 atom stereocenters. The summed E-state index contributed by atoms with van der Waals surface area (Å²) in [6.45, 7) is 0.340. The van der Waals surface area contributed by atoms with Crippen LogP contribution in [0.1, 0.15) is 11.1 Å². The summed E-state index contributed by atoms with van der Waals surface area (Å²) in [5, 5.41) is 7.28. The summed E-state index contributed by atoms with van der Waals surface area (Å²) in [5.74, 6) is -1.67. The van der Waals surface area contributed by atoms with Crippen LogP contribution in [0.3, 0.4) is 0 Å². The van der Waals surface area contributed by atoms with E-state index in [1.54, 1.807) is 24.3 Å². The minimum absolute atomic E-state index is 0.170. The monoisotopic (exact) mass is 324 g/mol. The van der Waals surface area contributed by atoms with Crippen LogP contribution in [0.25, 0.3) is 0 Å². The van der Waals surface area contributed by atoms with Crippen molar-refractivity contribution in [3.8, 4) is 0 Å². The SMILES string of the molecule is O=C1C=CC(=O)[N+](Cc2ccc(C[N+]3=NC(=O)C=CC3=O)cc2)=N1. The molecule has 2 heterocycles. The van der Waals surface area contributed by atoms with Crippen LogP contribution in [-0.4, -0.2) is 33.0 Å². The maximum Gasteiger partial charge on any atom is 0.437 e. The zero-order valence-corrected chi connectivity index (χ0v) is 12.5. The van der Waals surface area contributed by atoms with E-state index in [2.05, 4.69) is 10.2 Å². The van der Waals surface area contributed by atoms with Gasteiger partial charge in [0, 0.05) is 33.5 Å². The molecule has 3 rings (SSSR count). The smallest absolute Gasteiger partial charge is 0.261 e. The number of carbonyl (C=O) groups excluding carboxylic acids is 4. The van der Waals surface area contributed by atoms with Crippen LogP contribution in [0, 0.1) is 0 Å². The lowest BCUT2D eigenvalue weighted by Crippen LogP contribution is -2.22. The molecule has 0 saturated heterocycles. The lowest BCUT2D eigenvalue weighted by molar-refractivity contribution is -0.522. The van der Waals surface area contributed by atoms with Crippen molar-refractivity contribution in [2.24, 2.45) is 10.2 Å². The average molecular weight is 324 g/mol. The minimum atomic E-state index is -0.478. The van der Waals surface area contributed by atoms with Crippen LogP contribution in [0.2, 0.25) is 0 Å². The average Bonchev–Trinajstić information content (AvgIpc) is 2.56. The summed E-state index contributed by atoms with van der Waals surface area (Å²) >= 11 is 0. The van der Waals surface area contributed by atoms with E-state index in [9.17, 15) is 19.2 Å². The van der Waals surface area contributed by atoms with Gasteiger partial charge in [0.15, 0.2) is 0 Å². The van der Waals surface area contributed by atoms with Gasteiger partial charge in [-0.2, -0.15) is 0 Å². The number of amides is 4. The summed E-state index contributed by atoms with van der Waals surface area (Å²) < 4.78 is 2.18. The molecule has 8 heteroatoms. The van der Waals surface area contributed by atoms with Gasteiger partial charge in [0.2, 0.25) is 13.1 Å². The first kappa shape index (κ1) is 15.5. The molecule has 0 aromatic heterocycles. The summed E-state index contributed by atoms with van der Waals surface area (Å²) in [7, 11) is 0. The third kappa shape index (κ3) is 3.49. The lowest BCUT2D eigenvalue weighted by Gasteiger charge is -2.02. The van der Waals surface area contributed by atoms with Gasteiger partial charge in [0.1, 0.15) is 0 Å². The molecule has 2 aliphatic heterocycles. The summed E-state index contributed by atoms with van der Waals surface area (Å²) in [6, 6.07) is 7.03. The number of benzene rings is 1. The molecule has 0 spiro atoms. The second-order valence-electron chi connectivity index (χ2n) is 5.15. The van der Waals surface area contributed by atoms with E-state index in [0.29, 0.717) is 0 Å². The Morgan fingerprint density at radius 3 is 1.38 bits per heavy atom. The predicted molar refractivity (Wildman–Crippen MR) is 77.5 cm³/mol. The Hall–Kier alpha value is -3.42. The molecule has 4 amide bonds. The minimum Gasteiger partial charge on any atom is -0.261 e. The zero-order valence-electron chi connectivity index (χ0n) is 12.5. The van der Waals surface area contributed by atoms with Gasteiger partial charge >= 0.3 is 23.6 Å². The van der Waals surface area contributed by atoms with Gasteiger partial charge in [0.05, 0.1) is 12.2 Å². The molecule has 0 unspecified atom stereocenters. The van der Waals surface area contributed by atoms with Crippen molar-refractivity contribution in [3.63, 3.8) is 0 Å². The molecular weight excluding hydrogens is 312 g/mol. The molecule has 118 valence electrons. The fraction of sp³-hybridized carbons (Fsp3) is 0.125. The van der Waals surface area contributed by atoms with Gasteiger partial charge in [0.25, 0.3) is 0 Å². The van der Waals surface area contributed by atoms with Crippen molar-refractivity contribution in [2.45, 2.75) is 13.1 Å². The largest absolute Gasteiger partial charge is 0.437 e. The molecule has 1 aromatic rings. The van der Waals surface area contributed by atoms with E-state index < -0.39 is 11.8 Å². The molecule has 8 nitrogen and oxygen atoms in total. The van der Waals surface area contributed by atoms with Gasteiger partial charge in [-0.15, -0.1) is 0 Å². The predicted octanol–water partition coefficient (Wildman–Crippen LogP) is 0.862. The Balaban J connectivity index is 1.70. The van der Waals surface area contributed by atoms with E-state index in [4.69, 9.17) is 0 Å². The van der Waals surface area contributed by atoms with Crippen LogP contribution >= 0.6 is 0 Å². The van der Waals surface area contributed by atoms with E-state index in [1.807, 2.05) is 0 Å². The number of carbonyl (C=O) groups is 4. The first-order chi connectivity index (χ1) is 11.5. The van der Waals surface area contributed by atoms with E-state index in [1.165, 1.54) is 12.2 Å². The molecule has 0 saturated carbocycles. The first-order valence-corrected chi connectivity index (χ1v) is 7.09. The molecule has 2 aliphatic rings. The number of rotatable bonds is 4. The zero-order chi connectivity index (χ0) is 17.1. The molecule has 0 radical (unpaired) electrons. The van der Waals surface area contributed by atoms with Crippen molar-refractivity contribution in [2.75, 3.05) is 0 Å². The second kappa shape index (κ2) is 6.37. The topological polar surface area (TPSA) is 99.0 Å². The normalized spacial score (nSPS) is 17.2. The summed E-state index contributed by atoms with van der Waals surface area (Å²) in [4.78, 5) is 45.7. The van der Waals surface area contributed by atoms with Gasteiger partial charge < -0.3 is 0 Å². The number of nitrogens with zero attached hydrogens (tertiary/aromatic N) is 4. The molecule has 1 aromatic carbocycles. The van der Waals surface area contributed by atoms with Crippen molar-refractivity contribution >= 4 is 23.6 Å². The quantitative estimate of drug-likeness (QED) is 0.767. The summed E-state index contributed by atoms with van der Waals surface area (Å²) in [6.07, 6.45) is 4.60. The van der Waals surface area contributed by atoms with Gasteiger partial charge in [-0.25, -0.2) is 9.59 Å². The second-order valence-corrected chi connectivity index (χ2v) is 5.15. The molecule has 0 fully saturated rings. The Bertz CT molecular complexity index is 803. The van der Waals surface area contributed by atoms with Crippen molar-refractivity contribution in [1.29, 1.82) is 0 Å². The summed E-state index contributed by atoms with van der Waals surface area (Å²) in [5.41, 5.74) is 1.55. The van der Waals surface area contributed by atoms with Gasteiger partial charge in [-0.3, -0.25) is 9.59 Å².